The fraction of sp³-hybridized carbons (Fsp3) is 0.231. The lowest BCUT2D eigenvalue weighted by Crippen LogP contribution is -2.11. The van der Waals surface area contributed by atoms with Gasteiger partial charge in [0, 0.05) is 20.4 Å². The predicted molar refractivity (Wildman–Crippen MR) is 78.7 cm³/mol. The summed E-state index contributed by atoms with van der Waals surface area (Å²) in [4.78, 5) is 1.37. The zero-order chi connectivity index (χ0) is 12.3. The van der Waals surface area contributed by atoms with Crippen molar-refractivity contribution in [1.82, 2.24) is 0 Å². The minimum atomic E-state index is -0.00213. The molecule has 0 amide bonds. The van der Waals surface area contributed by atoms with E-state index in [9.17, 15) is 0 Å². The van der Waals surface area contributed by atoms with E-state index in [1.54, 1.807) is 11.3 Å². The molecule has 2 rings (SSSR count). The normalized spacial score (nSPS) is 12.6. The van der Waals surface area contributed by atoms with Gasteiger partial charge in [-0.05, 0) is 42.0 Å². The summed E-state index contributed by atoms with van der Waals surface area (Å²) < 4.78 is 0.983. The standard InChI is InChI=1S/C13H13BrClNS/c14-9-3-5-11(12(15)8-9)13(16)6-4-10-2-1-7-17-10/h1-3,5,7-8,13H,4,6,16H2. The molecule has 1 nitrogen and oxygen atoms in total. The summed E-state index contributed by atoms with van der Waals surface area (Å²) >= 11 is 11.3. The van der Waals surface area contributed by atoms with E-state index in [0.717, 1.165) is 27.9 Å². The van der Waals surface area contributed by atoms with E-state index in [1.165, 1.54) is 4.88 Å². The highest BCUT2D eigenvalue weighted by Crippen LogP contribution is 2.28. The molecule has 4 heteroatoms. The summed E-state index contributed by atoms with van der Waals surface area (Å²) in [6, 6.07) is 10.1. The Morgan fingerprint density at radius 2 is 2.18 bits per heavy atom. The summed E-state index contributed by atoms with van der Waals surface area (Å²) in [5, 5.41) is 2.83. The Hall–Kier alpha value is -0.350. The fourth-order valence-electron chi connectivity index (χ4n) is 1.71. The third kappa shape index (κ3) is 3.55. The van der Waals surface area contributed by atoms with Gasteiger partial charge in [0.15, 0.2) is 0 Å². The maximum atomic E-state index is 6.18. The molecule has 90 valence electrons. The number of aryl methyl sites for hydroxylation is 1. The number of rotatable bonds is 4. The van der Waals surface area contributed by atoms with Gasteiger partial charge in [-0.25, -0.2) is 0 Å². The summed E-state index contributed by atoms with van der Waals surface area (Å²) in [7, 11) is 0. The van der Waals surface area contributed by atoms with Crippen LogP contribution in [0.3, 0.4) is 0 Å². The summed E-state index contributed by atoms with van der Waals surface area (Å²) in [6.45, 7) is 0. The maximum Gasteiger partial charge on any atom is 0.0464 e. The van der Waals surface area contributed by atoms with Crippen molar-refractivity contribution in [2.75, 3.05) is 0 Å². The Morgan fingerprint density at radius 1 is 1.35 bits per heavy atom. The molecule has 0 aliphatic rings. The smallest absolute Gasteiger partial charge is 0.0464 e. The predicted octanol–water partition coefficient (Wildman–Crippen LogP) is 4.80. The van der Waals surface area contributed by atoms with Gasteiger partial charge in [-0.2, -0.15) is 0 Å². The van der Waals surface area contributed by atoms with Crippen LogP contribution in [-0.2, 0) is 6.42 Å². The molecular weight excluding hydrogens is 318 g/mol. The molecule has 0 aliphatic carbocycles. The average Bonchev–Trinajstić information content (AvgIpc) is 2.78. The molecule has 0 saturated heterocycles. The van der Waals surface area contributed by atoms with Crippen LogP contribution in [-0.4, -0.2) is 0 Å². The molecule has 1 aromatic carbocycles. The van der Waals surface area contributed by atoms with Gasteiger partial charge in [-0.1, -0.05) is 39.7 Å². The van der Waals surface area contributed by atoms with Gasteiger partial charge < -0.3 is 5.73 Å². The molecule has 2 N–H and O–H groups in total. The molecule has 1 aromatic heterocycles. The minimum absolute atomic E-state index is 0.00213. The van der Waals surface area contributed by atoms with E-state index >= 15 is 0 Å². The van der Waals surface area contributed by atoms with Crippen molar-refractivity contribution in [1.29, 1.82) is 0 Å². The summed E-state index contributed by atoms with van der Waals surface area (Å²) in [5.74, 6) is 0. The lowest BCUT2D eigenvalue weighted by atomic mass is 10.0. The van der Waals surface area contributed by atoms with Crippen LogP contribution in [0.5, 0.6) is 0 Å². The monoisotopic (exact) mass is 329 g/mol. The van der Waals surface area contributed by atoms with Crippen LogP contribution < -0.4 is 5.73 Å². The van der Waals surface area contributed by atoms with E-state index in [4.69, 9.17) is 17.3 Å². The first kappa shape index (κ1) is 13.1. The van der Waals surface area contributed by atoms with Crippen molar-refractivity contribution in [2.24, 2.45) is 5.73 Å². The number of thiophene rings is 1. The highest BCUT2D eigenvalue weighted by molar-refractivity contribution is 9.10. The maximum absolute atomic E-state index is 6.18. The van der Waals surface area contributed by atoms with Crippen LogP contribution >= 0.6 is 38.9 Å². The molecule has 1 unspecified atom stereocenters. The number of halogens is 2. The second-order valence-corrected chi connectivity index (χ2v) is 6.25. The molecule has 0 aliphatic heterocycles. The first-order valence-corrected chi connectivity index (χ1v) is 7.45. The lowest BCUT2D eigenvalue weighted by molar-refractivity contribution is 0.655. The molecule has 0 spiro atoms. The molecule has 0 radical (unpaired) electrons. The second-order valence-electron chi connectivity index (χ2n) is 3.89. The van der Waals surface area contributed by atoms with Gasteiger partial charge >= 0.3 is 0 Å². The zero-order valence-electron chi connectivity index (χ0n) is 9.20. The number of hydrogen-bond acceptors (Lipinski definition) is 2. The molecular formula is C13H13BrClNS. The third-order valence-corrected chi connectivity index (χ3v) is 4.40. The minimum Gasteiger partial charge on any atom is -0.324 e. The molecule has 0 fully saturated rings. The van der Waals surface area contributed by atoms with Gasteiger partial charge in [0.1, 0.15) is 0 Å². The van der Waals surface area contributed by atoms with Gasteiger partial charge in [0.2, 0.25) is 0 Å². The Kier molecular flexibility index (Phi) is 4.62. The zero-order valence-corrected chi connectivity index (χ0v) is 12.4. The Labute approximate surface area is 119 Å². The van der Waals surface area contributed by atoms with Crippen molar-refractivity contribution in [3.8, 4) is 0 Å². The Balaban J connectivity index is 2.01. The molecule has 0 bridgehead atoms. The lowest BCUT2D eigenvalue weighted by Gasteiger charge is -2.13. The number of nitrogens with two attached hydrogens (primary N) is 1. The fourth-order valence-corrected chi connectivity index (χ4v) is 3.25. The van der Waals surface area contributed by atoms with Gasteiger partial charge in [-0.3, -0.25) is 0 Å². The molecule has 1 atom stereocenters. The first-order valence-electron chi connectivity index (χ1n) is 5.39. The number of hydrogen-bond donors (Lipinski definition) is 1. The third-order valence-electron chi connectivity index (χ3n) is 2.64. The van der Waals surface area contributed by atoms with Crippen molar-refractivity contribution in [2.45, 2.75) is 18.9 Å². The van der Waals surface area contributed by atoms with E-state index < -0.39 is 0 Å². The van der Waals surface area contributed by atoms with Crippen LogP contribution in [0.15, 0.2) is 40.2 Å². The van der Waals surface area contributed by atoms with E-state index in [1.807, 2.05) is 18.2 Å². The highest BCUT2D eigenvalue weighted by Gasteiger charge is 2.10. The van der Waals surface area contributed by atoms with Crippen LogP contribution in [0.2, 0.25) is 5.02 Å². The molecule has 0 saturated carbocycles. The molecule has 2 aromatic rings. The summed E-state index contributed by atoms with van der Waals surface area (Å²) in [6.07, 6.45) is 1.92. The van der Waals surface area contributed by atoms with Gasteiger partial charge in [-0.15, -0.1) is 11.3 Å². The van der Waals surface area contributed by atoms with Crippen molar-refractivity contribution in [3.63, 3.8) is 0 Å². The second kappa shape index (κ2) is 6.01. The van der Waals surface area contributed by atoms with Crippen LogP contribution in [0.25, 0.3) is 0 Å². The number of benzene rings is 1. The van der Waals surface area contributed by atoms with Crippen LogP contribution in [0, 0.1) is 0 Å². The molecule has 1 heterocycles. The highest BCUT2D eigenvalue weighted by atomic mass is 79.9. The van der Waals surface area contributed by atoms with E-state index in [2.05, 4.69) is 33.4 Å². The first-order chi connectivity index (χ1) is 8.16. The van der Waals surface area contributed by atoms with Crippen LogP contribution in [0.4, 0.5) is 0 Å². The van der Waals surface area contributed by atoms with E-state index in [0.29, 0.717) is 0 Å². The quantitative estimate of drug-likeness (QED) is 0.856. The van der Waals surface area contributed by atoms with Crippen molar-refractivity contribution < 1.29 is 0 Å². The van der Waals surface area contributed by atoms with Crippen molar-refractivity contribution >= 4 is 38.9 Å². The summed E-state index contributed by atoms with van der Waals surface area (Å²) in [5.41, 5.74) is 7.19. The van der Waals surface area contributed by atoms with Gasteiger partial charge in [0.05, 0.1) is 0 Å². The SMILES string of the molecule is NC(CCc1cccs1)c1ccc(Br)cc1Cl. The average molecular weight is 331 g/mol. The van der Waals surface area contributed by atoms with Gasteiger partial charge in [0.25, 0.3) is 0 Å². The molecule has 17 heavy (non-hydrogen) atoms. The Morgan fingerprint density at radius 3 is 2.82 bits per heavy atom. The topological polar surface area (TPSA) is 26.0 Å². The largest absolute Gasteiger partial charge is 0.324 e. The Bertz CT molecular complexity index is 484. The van der Waals surface area contributed by atoms with Crippen LogP contribution in [0.1, 0.15) is 22.9 Å². The van der Waals surface area contributed by atoms with Crippen molar-refractivity contribution in [3.05, 3.63) is 55.6 Å². The van der Waals surface area contributed by atoms with E-state index in [-0.39, 0.29) is 6.04 Å².